The second kappa shape index (κ2) is 8.52. The van der Waals surface area contributed by atoms with Crippen LogP contribution in [0.3, 0.4) is 0 Å². The van der Waals surface area contributed by atoms with E-state index in [9.17, 15) is 9.59 Å². The molecule has 0 heterocycles. The third-order valence-corrected chi connectivity index (χ3v) is 3.96. The van der Waals surface area contributed by atoms with Crippen molar-refractivity contribution in [2.75, 3.05) is 18.5 Å². The van der Waals surface area contributed by atoms with E-state index in [0.29, 0.717) is 11.4 Å². The molecule has 0 saturated heterocycles. The molecular formula is C21H25NO4. The van der Waals surface area contributed by atoms with Crippen molar-refractivity contribution in [2.45, 2.75) is 34.6 Å². The number of benzene rings is 2. The number of anilines is 1. The molecule has 0 atom stereocenters. The molecule has 0 fully saturated rings. The molecule has 2 rings (SSSR count). The molecule has 2 aromatic rings. The van der Waals surface area contributed by atoms with Gasteiger partial charge in [0.15, 0.2) is 13.2 Å². The summed E-state index contributed by atoms with van der Waals surface area (Å²) >= 11 is 0. The van der Waals surface area contributed by atoms with E-state index in [2.05, 4.69) is 5.32 Å². The Balaban J connectivity index is 1.82. The van der Waals surface area contributed by atoms with E-state index in [-0.39, 0.29) is 19.1 Å². The Morgan fingerprint density at radius 1 is 0.846 bits per heavy atom. The highest BCUT2D eigenvalue weighted by Gasteiger charge is 2.12. The van der Waals surface area contributed by atoms with Crippen LogP contribution in [0.4, 0.5) is 5.69 Å². The number of amides is 1. The van der Waals surface area contributed by atoms with E-state index in [0.717, 1.165) is 27.8 Å². The summed E-state index contributed by atoms with van der Waals surface area (Å²) in [6.45, 7) is 9.18. The van der Waals surface area contributed by atoms with E-state index in [4.69, 9.17) is 9.47 Å². The summed E-state index contributed by atoms with van der Waals surface area (Å²) in [5.74, 6) is -0.291. The lowest BCUT2D eigenvalue weighted by Gasteiger charge is -2.13. The van der Waals surface area contributed by atoms with Crippen LogP contribution in [0.1, 0.15) is 27.8 Å². The van der Waals surface area contributed by atoms with Gasteiger partial charge in [-0.25, -0.2) is 4.79 Å². The van der Waals surface area contributed by atoms with Gasteiger partial charge in [-0.05, 0) is 57.4 Å². The first-order valence-corrected chi connectivity index (χ1v) is 8.49. The molecule has 0 aliphatic carbocycles. The number of hydrogen-bond acceptors (Lipinski definition) is 4. The van der Waals surface area contributed by atoms with Crippen LogP contribution in [-0.4, -0.2) is 25.1 Å². The van der Waals surface area contributed by atoms with Crippen LogP contribution in [0, 0.1) is 34.6 Å². The lowest BCUT2D eigenvalue weighted by Crippen LogP contribution is -2.24. The number of carbonyl (C=O) groups is 2. The van der Waals surface area contributed by atoms with Crippen LogP contribution in [0.5, 0.6) is 5.75 Å². The van der Waals surface area contributed by atoms with E-state index < -0.39 is 5.97 Å². The average Bonchev–Trinajstić information content (AvgIpc) is 2.54. The zero-order valence-electron chi connectivity index (χ0n) is 15.9. The van der Waals surface area contributed by atoms with Crippen molar-refractivity contribution in [3.05, 3.63) is 58.1 Å². The molecule has 0 radical (unpaired) electrons. The van der Waals surface area contributed by atoms with Crippen molar-refractivity contribution >= 4 is 17.6 Å². The monoisotopic (exact) mass is 355 g/mol. The van der Waals surface area contributed by atoms with Gasteiger partial charge in [-0.2, -0.15) is 0 Å². The highest BCUT2D eigenvalue weighted by molar-refractivity contribution is 5.93. The zero-order chi connectivity index (χ0) is 19.3. The van der Waals surface area contributed by atoms with Crippen LogP contribution >= 0.6 is 0 Å². The average molecular weight is 355 g/mol. The summed E-state index contributed by atoms with van der Waals surface area (Å²) in [7, 11) is 0. The van der Waals surface area contributed by atoms with Crippen molar-refractivity contribution in [1.29, 1.82) is 0 Å². The number of nitrogens with one attached hydrogen (secondary N) is 1. The quantitative estimate of drug-likeness (QED) is 0.801. The van der Waals surface area contributed by atoms with Crippen molar-refractivity contribution in [3.63, 3.8) is 0 Å². The molecule has 0 spiro atoms. The number of ether oxygens (including phenoxy) is 2. The Bertz CT molecular complexity index is 804. The topological polar surface area (TPSA) is 64.6 Å². The Morgan fingerprint density at radius 3 is 2.08 bits per heavy atom. The first-order valence-electron chi connectivity index (χ1n) is 8.49. The number of hydrogen-bond donors (Lipinski definition) is 1. The van der Waals surface area contributed by atoms with Crippen molar-refractivity contribution in [3.8, 4) is 5.75 Å². The maximum absolute atomic E-state index is 11.9. The fraction of sp³-hybridized carbons (Fsp3) is 0.333. The van der Waals surface area contributed by atoms with E-state index >= 15 is 0 Å². The number of carbonyl (C=O) groups excluding carboxylic acids is 2. The summed E-state index contributed by atoms with van der Waals surface area (Å²) in [6, 6.07) is 9.70. The van der Waals surface area contributed by atoms with Crippen LogP contribution in [-0.2, 0) is 14.3 Å². The molecule has 0 aromatic heterocycles. The van der Waals surface area contributed by atoms with Gasteiger partial charge < -0.3 is 14.8 Å². The van der Waals surface area contributed by atoms with Gasteiger partial charge in [0.2, 0.25) is 0 Å². The van der Waals surface area contributed by atoms with Gasteiger partial charge in [0.1, 0.15) is 5.75 Å². The molecule has 26 heavy (non-hydrogen) atoms. The minimum absolute atomic E-state index is 0.235. The van der Waals surface area contributed by atoms with Gasteiger partial charge in [-0.1, -0.05) is 35.4 Å². The van der Waals surface area contributed by atoms with Crippen LogP contribution < -0.4 is 10.1 Å². The minimum atomic E-state index is -0.583. The molecule has 1 N–H and O–H groups in total. The third kappa shape index (κ3) is 5.34. The SMILES string of the molecule is Cc1ccc(NC(=O)COC(=O)COc2c(C)cc(C)cc2C)c(C)c1. The van der Waals surface area contributed by atoms with Gasteiger partial charge in [-0.3, -0.25) is 4.79 Å². The maximum atomic E-state index is 11.9. The van der Waals surface area contributed by atoms with Gasteiger partial charge in [0, 0.05) is 5.69 Å². The molecule has 5 heteroatoms. The predicted molar refractivity (Wildman–Crippen MR) is 102 cm³/mol. The molecule has 0 aliphatic rings. The van der Waals surface area contributed by atoms with E-state index in [1.807, 2.05) is 65.0 Å². The van der Waals surface area contributed by atoms with Gasteiger partial charge in [0.05, 0.1) is 0 Å². The van der Waals surface area contributed by atoms with E-state index in [1.165, 1.54) is 0 Å². The normalized spacial score (nSPS) is 10.3. The molecule has 0 aliphatic heterocycles. The summed E-state index contributed by atoms with van der Waals surface area (Å²) in [4.78, 5) is 23.8. The predicted octanol–water partition coefficient (Wildman–Crippen LogP) is 3.79. The Labute approximate surface area is 154 Å². The Hall–Kier alpha value is -2.82. The third-order valence-electron chi connectivity index (χ3n) is 3.96. The van der Waals surface area contributed by atoms with Crippen molar-refractivity contribution in [2.24, 2.45) is 0 Å². The van der Waals surface area contributed by atoms with Gasteiger partial charge in [-0.15, -0.1) is 0 Å². The molecule has 138 valence electrons. The summed E-state index contributed by atoms with van der Waals surface area (Å²) in [6.07, 6.45) is 0. The second-order valence-corrected chi connectivity index (χ2v) is 6.54. The van der Waals surface area contributed by atoms with Crippen LogP contribution in [0.2, 0.25) is 0 Å². The molecule has 2 aromatic carbocycles. The summed E-state index contributed by atoms with van der Waals surface area (Å²) in [5, 5.41) is 2.73. The zero-order valence-corrected chi connectivity index (χ0v) is 15.9. The Morgan fingerprint density at radius 2 is 1.46 bits per heavy atom. The summed E-state index contributed by atoms with van der Waals surface area (Å²) in [5.41, 5.74) is 5.84. The fourth-order valence-corrected chi connectivity index (χ4v) is 2.85. The molecule has 0 saturated carbocycles. The minimum Gasteiger partial charge on any atom is -0.481 e. The molecule has 5 nitrogen and oxygen atoms in total. The molecule has 0 unspecified atom stereocenters. The first-order chi connectivity index (χ1) is 12.3. The number of rotatable bonds is 6. The standard InChI is InChI=1S/C21H25NO4/c1-13-6-7-18(15(3)8-13)22-19(23)11-25-20(24)12-26-21-16(4)9-14(2)10-17(21)5/h6-10H,11-12H2,1-5H3,(H,22,23). The second-order valence-electron chi connectivity index (χ2n) is 6.54. The summed E-state index contributed by atoms with van der Waals surface area (Å²) < 4.78 is 10.5. The highest BCUT2D eigenvalue weighted by atomic mass is 16.6. The fourth-order valence-electron chi connectivity index (χ4n) is 2.85. The number of aryl methyl sites for hydroxylation is 5. The highest BCUT2D eigenvalue weighted by Crippen LogP contribution is 2.24. The van der Waals surface area contributed by atoms with Gasteiger partial charge >= 0.3 is 5.97 Å². The molecule has 0 bridgehead atoms. The van der Waals surface area contributed by atoms with Crippen molar-refractivity contribution < 1.29 is 19.1 Å². The van der Waals surface area contributed by atoms with Crippen LogP contribution in [0.15, 0.2) is 30.3 Å². The lowest BCUT2D eigenvalue weighted by atomic mass is 10.1. The van der Waals surface area contributed by atoms with Gasteiger partial charge in [0.25, 0.3) is 5.91 Å². The molecule has 1 amide bonds. The smallest absolute Gasteiger partial charge is 0.344 e. The first kappa shape index (κ1) is 19.5. The Kier molecular flexibility index (Phi) is 6.39. The van der Waals surface area contributed by atoms with Crippen LogP contribution in [0.25, 0.3) is 0 Å². The van der Waals surface area contributed by atoms with E-state index in [1.54, 1.807) is 0 Å². The largest absolute Gasteiger partial charge is 0.481 e. The number of esters is 1. The van der Waals surface area contributed by atoms with Crippen molar-refractivity contribution in [1.82, 2.24) is 0 Å². The maximum Gasteiger partial charge on any atom is 0.344 e. The molecular weight excluding hydrogens is 330 g/mol. The lowest BCUT2D eigenvalue weighted by molar-refractivity contribution is -0.149.